The number of carboxylic acids is 1. The highest BCUT2D eigenvalue weighted by atomic mass is 127. The van der Waals surface area contributed by atoms with Crippen LogP contribution in [-0.4, -0.2) is 34.5 Å². The molecule has 1 aromatic carbocycles. The molecule has 4 nitrogen and oxygen atoms in total. The lowest BCUT2D eigenvalue weighted by Crippen LogP contribution is -2.37. The Morgan fingerprint density at radius 1 is 1.47 bits per heavy atom. The van der Waals surface area contributed by atoms with Crippen molar-refractivity contribution < 1.29 is 14.7 Å². The molecule has 0 bridgehead atoms. The van der Waals surface area contributed by atoms with Crippen molar-refractivity contribution in [3.05, 3.63) is 32.9 Å². The lowest BCUT2D eigenvalue weighted by Gasteiger charge is -2.24. The molecule has 1 fully saturated rings. The summed E-state index contributed by atoms with van der Waals surface area (Å²) in [4.78, 5) is 25.1. The molecule has 1 amide bonds. The Kier molecular flexibility index (Phi) is 4.44. The van der Waals surface area contributed by atoms with Crippen molar-refractivity contribution in [1.29, 1.82) is 0 Å². The molecule has 1 N–H and O–H groups in total. The van der Waals surface area contributed by atoms with Crippen molar-refractivity contribution in [2.75, 3.05) is 6.54 Å². The monoisotopic (exact) mass is 373 g/mol. The van der Waals surface area contributed by atoms with Crippen LogP contribution in [0.5, 0.6) is 0 Å². The van der Waals surface area contributed by atoms with Gasteiger partial charge >= 0.3 is 5.97 Å². The Balaban J connectivity index is 2.23. The van der Waals surface area contributed by atoms with Gasteiger partial charge in [0.25, 0.3) is 5.91 Å². The Labute approximate surface area is 125 Å². The summed E-state index contributed by atoms with van der Waals surface area (Å²) in [6.07, 6.45) is 1.70. The van der Waals surface area contributed by atoms with E-state index >= 15 is 0 Å². The number of hydrogen-bond acceptors (Lipinski definition) is 2. The topological polar surface area (TPSA) is 57.6 Å². The average Bonchev–Trinajstić information content (AvgIpc) is 2.79. The molecule has 1 aliphatic rings. The van der Waals surface area contributed by atoms with Gasteiger partial charge in [0, 0.05) is 21.7 Å². The molecule has 1 heterocycles. The van der Waals surface area contributed by atoms with E-state index in [9.17, 15) is 9.59 Å². The Morgan fingerprint density at radius 2 is 2.21 bits per heavy atom. The van der Waals surface area contributed by atoms with Gasteiger partial charge in [0.1, 0.15) is 0 Å². The van der Waals surface area contributed by atoms with Crippen LogP contribution in [0, 0.1) is 10.5 Å². The van der Waals surface area contributed by atoms with Crippen molar-refractivity contribution in [3.63, 3.8) is 0 Å². The molecule has 0 aromatic heterocycles. The first-order valence-corrected chi connectivity index (χ1v) is 7.36. The van der Waals surface area contributed by atoms with Crippen LogP contribution in [0.4, 0.5) is 0 Å². The highest BCUT2D eigenvalue weighted by Crippen LogP contribution is 2.25. The fourth-order valence-corrected chi connectivity index (χ4v) is 3.01. The lowest BCUT2D eigenvalue weighted by molar-refractivity contribution is -0.137. The first-order chi connectivity index (χ1) is 9.00. The first kappa shape index (κ1) is 14.3. The summed E-state index contributed by atoms with van der Waals surface area (Å²) in [6.45, 7) is 2.58. The van der Waals surface area contributed by atoms with E-state index < -0.39 is 5.97 Å². The third kappa shape index (κ3) is 3.08. The van der Waals surface area contributed by atoms with Crippen LogP contribution in [0.1, 0.15) is 35.2 Å². The van der Waals surface area contributed by atoms with E-state index in [1.165, 1.54) is 0 Å². The van der Waals surface area contributed by atoms with Crippen molar-refractivity contribution in [3.8, 4) is 0 Å². The van der Waals surface area contributed by atoms with Gasteiger partial charge in [-0.3, -0.25) is 9.59 Å². The summed E-state index contributed by atoms with van der Waals surface area (Å²) in [7, 11) is 0. The number of nitrogens with zero attached hydrogens (tertiary/aromatic N) is 1. The molecule has 1 atom stereocenters. The highest BCUT2D eigenvalue weighted by molar-refractivity contribution is 14.1. The van der Waals surface area contributed by atoms with E-state index in [0.717, 1.165) is 22.0 Å². The fraction of sp³-hybridized carbons (Fsp3) is 0.429. The van der Waals surface area contributed by atoms with Crippen LogP contribution < -0.4 is 0 Å². The van der Waals surface area contributed by atoms with Gasteiger partial charge in [-0.1, -0.05) is 6.07 Å². The first-order valence-electron chi connectivity index (χ1n) is 6.28. The van der Waals surface area contributed by atoms with E-state index in [1.54, 1.807) is 4.90 Å². The van der Waals surface area contributed by atoms with E-state index in [4.69, 9.17) is 5.11 Å². The lowest BCUT2D eigenvalue weighted by atomic mass is 10.1. The third-order valence-corrected chi connectivity index (χ3v) is 4.71. The maximum atomic E-state index is 12.5. The predicted molar refractivity (Wildman–Crippen MR) is 80.2 cm³/mol. The number of aliphatic carboxylic acids is 1. The average molecular weight is 373 g/mol. The highest BCUT2D eigenvalue weighted by Gasteiger charge is 2.31. The van der Waals surface area contributed by atoms with Gasteiger partial charge in [-0.05, 0) is 60.1 Å². The molecule has 1 aromatic rings. The number of amides is 1. The summed E-state index contributed by atoms with van der Waals surface area (Å²) in [5.41, 5.74) is 1.65. The number of carbonyl (C=O) groups excluding carboxylic acids is 1. The van der Waals surface area contributed by atoms with Crippen LogP contribution in [-0.2, 0) is 4.79 Å². The smallest absolute Gasteiger partial charge is 0.305 e. The molecule has 19 heavy (non-hydrogen) atoms. The standard InChI is InChI=1S/C14H16INO3/c1-9-11(5-2-6-12(9)15)14(19)16-7-3-4-10(16)8-13(17)18/h2,5-6,10H,3-4,7-8H2,1H3,(H,17,18). The minimum Gasteiger partial charge on any atom is -0.481 e. The zero-order valence-corrected chi connectivity index (χ0v) is 12.9. The summed E-state index contributed by atoms with van der Waals surface area (Å²) >= 11 is 2.21. The maximum absolute atomic E-state index is 12.5. The van der Waals surface area contributed by atoms with E-state index in [2.05, 4.69) is 22.6 Å². The summed E-state index contributed by atoms with van der Waals surface area (Å²) in [5, 5.41) is 8.90. The van der Waals surface area contributed by atoms with Gasteiger partial charge < -0.3 is 10.0 Å². The van der Waals surface area contributed by atoms with Crippen LogP contribution in [0.15, 0.2) is 18.2 Å². The molecule has 1 saturated heterocycles. The number of carboxylic acid groups (broad SMARTS) is 1. The second-order valence-electron chi connectivity index (χ2n) is 4.80. The molecule has 0 radical (unpaired) electrons. The number of hydrogen-bond donors (Lipinski definition) is 1. The Bertz CT molecular complexity index is 515. The van der Waals surface area contributed by atoms with Crippen LogP contribution in [0.2, 0.25) is 0 Å². The molecule has 0 saturated carbocycles. The molecule has 102 valence electrons. The summed E-state index contributed by atoms with van der Waals surface area (Å²) in [6, 6.07) is 5.48. The maximum Gasteiger partial charge on any atom is 0.305 e. The van der Waals surface area contributed by atoms with E-state index in [-0.39, 0.29) is 18.4 Å². The zero-order valence-electron chi connectivity index (χ0n) is 10.7. The zero-order chi connectivity index (χ0) is 14.0. The van der Waals surface area contributed by atoms with E-state index in [1.807, 2.05) is 25.1 Å². The van der Waals surface area contributed by atoms with Crippen LogP contribution in [0.3, 0.4) is 0 Å². The summed E-state index contributed by atoms with van der Waals surface area (Å²) in [5.74, 6) is -0.885. The SMILES string of the molecule is Cc1c(I)cccc1C(=O)N1CCCC1CC(=O)O. The van der Waals surface area contributed by atoms with Gasteiger partial charge in [-0.2, -0.15) is 0 Å². The van der Waals surface area contributed by atoms with Gasteiger partial charge in [-0.15, -0.1) is 0 Å². The molecule has 1 aliphatic heterocycles. The molecular weight excluding hydrogens is 357 g/mol. The third-order valence-electron chi connectivity index (χ3n) is 3.55. The van der Waals surface area contributed by atoms with Gasteiger partial charge in [0.05, 0.1) is 6.42 Å². The van der Waals surface area contributed by atoms with Crippen molar-refractivity contribution >= 4 is 34.5 Å². The van der Waals surface area contributed by atoms with Gasteiger partial charge in [-0.25, -0.2) is 0 Å². The van der Waals surface area contributed by atoms with Gasteiger partial charge in [0.15, 0.2) is 0 Å². The Hall–Kier alpha value is -1.11. The number of rotatable bonds is 3. The molecule has 2 rings (SSSR count). The van der Waals surface area contributed by atoms with E-state index in [0.29, 0.717) is 12.1 Å². The van der Waals surface area contributed by atoms with Gasteiger partial charge in [0.2, 0.25) is 0 Å². The van der Waals surface area contributed by atoms with Crippen LogP contribution >= 0.6 is 22.6 Å². The fourth-order valence-electron chi connectivity index (χ4n) is 2.51. The number of likely N-dealkylation sites (tertiary alicyclic amines) is 1. The second-order valence-corrected chi connectivity index (χ2v) is 5.97. The Morgan fingerprint density at radius 3 is 2.89 bits per heavy atom. The minimum atomic E-state index is -0.843. The number of benzene rings is 1. The second kappa shape index (κ2) is 5.90. The predicted octanol–water partition coefficient (Wildman–Crippen LogP) is 2.68. The largest absolute Gasteiger partial charge is 0.481 e. The molecule has 0 aliphatic carbocycles. The van der Waals surface area contributed by atoms with Crippen molar-refractivity contribution in [2.45, 2.75) is 32.2 Å². The molecular formula is C14H16INO3. The van der Waals surface area contributed by atoms with Crippen molar-refractivity contribution in [1.82, 2.24) is 4.90 Å². The number of halogens is 1. The van der Waals surface area contributed by atoms with Crippen LogP contribution in [0.25, 0.3) is 0 Å². The van der Waals surface area contributed by atoms with Crippen molar-refractivity contribution in [2.24, 2.45) is 0 Å². The molecule has 0 spiro atoms. The molecule has 5 heteroatoms. The minimum absolute atomic E-state index is 0.0364. The normalized spacial score (nSPS) is 18.6. The quantitative estimate of drug-likeness (QED) is 0.829. The summed E-state index contributed by atoms with van der Waals surface area (Å²) < 4.78 is 1.05. The molecule has 1 unspecified atom stereocenters. The number of carbonyl (C=O) groups is 2.